The van der Waals surface area contributed by atoms with Crippen molar-refractivity contribution in [3.05, 3.63) is 58.2 Å². The van der Waals surface area contributed by atoms with Crippen LogP contribution in [0.3, 0.4) is 0 Å². The van der Waals surface area contributed by atoms with Gasteiger partial charge in [0.15, 0.2) is 10.7 Å². The van der Waals surface area contributed by atoms with E-state index in [2.05, 4.69) is 15.3 Å². The molecule has 0 fully saturated rings. The van der Waals surface area contributed by atoms with Gasteiger partial charge in [-0.3, -0.25) is 14.2 Å². The Bertz CT molecular complexity index is 1220. The van der Waals surface area contributed by atoms with Crippen molar-refractivity contribution < 1.29 is 14.0 Å². The van der Waals surface area contributed by atoms with E-state index in [-0.39, 0.29) is 12.2 Å². The van der Waals surface area contributed by atoms with Crippen LogP contribution in [0.15, 0.2) is 51.1 Å². The fourth-order valence-electron chi connectivity index (χ4n) is 2.61. The molecule has 0 radical (unpaired) electrons. The van der Waals surface area contributed by atoms with Crippen molar-refractivity contribution in [1.29, 1.82) is 0 Å². The number of carbonyl (C=O) groups excluding carboxylic acids is 2. The number of benzene rings is 1. The molecule has 4 N–H and O–H groups in total. The van der Waals surface area contributed by atoms with Crippen molar-refractivity contribution >= 4 is 39.4 Å². The van der Waals surface area contributed by atoms with E-state index in [4.69, 9.17) is 10.2 Å². The number of rotatable bonds is 5. The molecule has 0 spiro atoms. The van der Waals surface area contributed by atoms with Gasteiger partial charge < -0.3 is 20.5 Å². The van der Waals surface area contributed by atoms with Gasteiger partial charge in [0.2, 0.25) is 5.91 Å². The first-order valence-electron chi connectivity index (χ1n) is 7.83. The van der Waals surface area contributed by atoms with E-state index in [1.165, 1.54) is 15.9 Å². The Hall–Kier alpha value is -3.66. The molecule has 4 aromatic rings. The summed E-state index contributed by atoms with van der Waals surface area (Å²) in [6.07, 6.45) is 1.61. The molecule has 10 heteroatoms. The summed E-state index contributed by atoms with van der Waals surface area (Å²) < 4.78 is 6.36. The van der Waals surface area contributed by atoms with Gasteiger partial charge in [0, 0.05) is 17.1 Å². The van der Waals surface area contributed by atoms with Crippen LogP contribution in [0.25, 0.3) is 22.4 Å². The van der Waals surface area contributed by atoms with Gasteiger partial charge in [-0.15, -0.1) is 11.3 Å². The van der Waals surface area contributed by atoms with Crippen LogP contribution in [0, 0.1) is 0 Å². The zero-order valence-electron chi connectivity index (χ0n) is 13.8. The van der Waals surface area contributed by atoms with E-state index in [9.17, 15) is 14.4 Å². The number of aromatic nitrogens is 3. The van der Waals surface area contributed by atoms with Crippen LogP contribution < -0.4 is 16.8 Å². The molecular weight excluding hydrogens is 370 g/mol. The molecule has 3 heterocycles. The number of thiazole rings is 1. The number of nitrogens with zero attached hydrogens (tertiary/aromatic N) is 2. The number of hydrogen-bond donors (Lipinski definition) is 3. The number of anilines is 1. The maximum Gasteiger partial charge on any atom is 0.420 e. The van der Waals surface area contributed by atoms with Crippen molar-refractivity contribution in [2.24, 2.45) is 5.73 Å². The summed E-state index contributed by atoms with van der Waals surface area (Å²) in [7, 11) is 0. The van der Waals surface area contributed by atoms with Gasteiger partial charge in [-0.2, -0.15) is 0 Å². The number of para-hydroxylation sites is 2. The molecule has 3 aromatic heterocycles. The summed E-state index contributed by atoms with van der Waals surface area (Å²) >= 11 is 1.23. The largest absolute Gasteiger partial charge is 0.420 e. The molecule has 0 atom stereocenters. The molecule has 0 aliphatic carbocycles. The number of oxazole rings is 1. The summed E-state index contributed by atoms with van der Waals surface area (Å²) in [4.78, 5) is 42.5. The van der Waals surface area contributed by atoms with Crippen LogP contribution in [0.1, 0.15) is 10.5 Å². The zero-order valence-corrected chi connectivity index (χ0v) is 14.6. The van der Waals surface area contributed by atoms with Gasteiger partial charge in [0.1, 0.15) is 12.2 Å². The van der Waals surface area contributed by atoms with Gasteiger partial charge in [-0.1, -0.05) is 12.1 Å². The minimum absolute atomic E-state index is 0.194. The minimum Gasteiger partial charge on any atom is -0.408 e. The van der Waals surface area contributed by atoms with E-state index in [1.807, 2.05) is 0 Å². The Balaban J connectivity index is 1.50. The van der Waals surface area contributed by atoms with E-state index >= 15 is 0 Å². The maximum absolute atomic E-state index is 12.3. The Morgan fingerprint density at radius 3 is 2.93 bits per heavy atom. The number of carbonyl (C=O) groups is 2. The first-order chi connectivity index (χ1) is 13.0. The van der Waals surface area contributed by atoms with Crippen LogP contribution in [-0.2, 0) is 11.3 Å². The number of nitrogens with two attached hydrogens (primary N) is 1. The number of nitrogens with one attached hydrogen (secondary N) is 2. The summed E-state index contributed by atoms with van der Waals surface area (Å²) in [6, 6.07) is 8.46. The number of aromatic amines is 1. The van der Waals surface area contributed by atoms with Crippen LogP contribution in [0.4, 0.5) is 5.13 Å². The summed E-state index contributed by atoms with van der Waals surface area (Å²) in [5, 5.41) is 4.77. The predicted octanol–water partition coefficient (Wildman–Crippen LogP) is 1.78. The van der Waals surface area contributed by atoms with Gasteiger partial charge in [0.25, 0.3) is 5.91 Å². The molecule has 0 aliphatic rings. The lowest BCUT2D eigenvalue weighted by Gasteiger charge is -2.02. The monoisotopic (exact) mass is 383 g/mol. The van der Waals surface area contributed by atoms with E-state index in [0.29, 0.717) is 27.5 Å². The maximum atomic E-state index is 12.3. The second kappa shape index (κ2) is 6.57. The van der Waals surface area contributed by atoms with E-state index in [1.54, 1.807) is 41.9 Å². The highest BCUT2D eigenvalue weighted by atomic mass is 32.1. The normalized spacial score (nSPS) is 11.0. The molecule has 2 amide bonds. The third-order valence-corrected chi connectivity index (χ3v) is 4.63. The fourth-order valence-corrected chi connectivity index (χ4v) is 3.35. The molecule has 27 heavy (non-hydrogen) atoms. The molecule has 4 rings (SSSR count). The average Bonchev–Trinajstić information content (AvgIpc) is 3.34. The molecule has 0 bridgehead atoms. The van der Waals surface area contributed by atoms with Crippen LogP contribution in [0.5, 0.6) is 0 Å². The number of primary amides is 1. The third-order valence-electron chi connectivity index (χ3n) is 3.87. The Kier molecular flexibility index (Phi) is 4.09. The second-order valence-electron chi connectivity index (χ2n) is 5.67. The first kappa shape index (κ1) is 16.8. The smallest absolute Gasteiger partial charge is 0.408 e. The number of H-pyrrole nitrogens is 1. The van der Waals surface area contributed by atoms with Gasteiger partial charge in [-0.05, 0) is 18.2 Å². The van der Waals surface area contributed by atoms with Gasteiger partial charge >= 0.3 is 5.76 Å². The Labute approximate surface area is 155 Å². The zero-order chi connectivity index (χ0) is 19.0. The Morgan fingerprint density at radius 1 is 1.33 bits per heavy atom. The van der Waals surface area contributed by atoms with Gasteiger partial charge in [0.05, 0.1) is 11.2 Å². The Morgan fingerprint density at radius 2 is 2.15 bits per heavy atom. The first-order valence-corrected chi connectivity index (χ1v) is 8.71. The van der Waals surface area contributed by atoms with Crippen LogP contribution in [-0.4, -0.2) is 26.3 Å². The SMILES string of the molecule is NC(=O)c1cc(-c2csc(NC(=O)Cn3c(=O)oc4ccccc43)n2)c[nH]1. The lowest BCUT2D eigenvalue weighted by molar-refractivity contribution is -0.116. The average molecular weight is 383 g/mol. The van der Waals surface area contributed by atoms with Gasteiger partial charge in [-0.25, -0.2) is 9.78 Å². The van der Waals surface area contributed by atoms with Crippen LogP contribution in [0.2, 0.25) is 0 Å². The minimum atomic E-state index is -0.600. The number of hydrogen-bond acceptors (Lipinski definition) is 6. The lowest BCUT2D eigenvalue weighted by Crippen LogP contribution is -2.24. The van der Waals surface area contributed by atoms with E-state index in [0.717, 1.165) is 0 Å². The lowest BCUT2D eigenvalue weighted by atomic mass is 10.2. The van der Waals surface area contributed by atoms with Crippen molar-refractivity contribution in [2.75, 3.05) is 5.32 Å². The van der Waals surface area contributed by atoms with Crippen molar-refractivity contribution in [2.45, 2.75) is 6.54 Å². The topological polar surface area (TPSA) is 136 Å². The molecule has 0 saturated heterocycles. The molecule has 0 aliphatic heterocycles. The molecule has 9 nitrogen and oxygen atoms in total. The molecule has 136 valence electrons. The highest BCUT2D eigenvalue weighted by Gasteiger charge is 2.14. The summed E-state index contributed by atoms with van der Waals surface area (Å²) in [6.45, 7) is -0.194. The third kappa shape index (κ3) is 3.25. The predicted molar refractivity (Wildman–Crippen MR) is 99.5 cm³/mol. The number of amides is 2. The number of fused-ring (bicyclic) bond motifs is 1. The van der Waals surface area contributed by atoms with Crippen molar-refractivity contribution in [3.8, 4) is 11.3 Å². The summed E-state index contributed by atoms with van der Waals surface area (Å²) in [5.74, 6) is -1.57. The molecule has 0 unspecified atom stereocenters. The van der Waals surface area contributed by atoms with Crippen LogP contribution >= 0.6 is 11.3 Å². The standard InChI is InChI=1S/C17H13N5O4S/c18-15(24)10-5-9(6-19-10)11-8-27-16(20-11)21-14(23)7-22-12-3-1-2-4-13(12)26-17(22)25/h1-6,8,19H,7H2,(H2,18,24)(H,20,21,23). The molecule has 0 saturated carbocycles. The van der Waals surface area contributed by atoms with Crippen molar-refractivity contribution in [1.82, 2.24) is 14.5 Å². The highest BCUT2D eigenvalue weighted by Crippen LogP contribution is 2.25. The van der Waals surface area contributed by atoms with Crippen molar-refractivity contribution in [3.63, 3.8) is 0 Å². The fraction of sp³-hybridized carbons (Fsp3) is 0.0588. The van der Waals surface area contributed by atoms with E-state index < -0.39 is 17.6 Å². The summed E-state index contributed by atoms with van der Waals surface area (Å²) in [5.41, 5.74) is 7.72. The quantitative estimate of drug-likeness (QED) is 0.483. The second-order valence-corrected chi connectivity index (χ2v) is 6.53. The molecule has 1 aromatic carbocycles. The highest BCUT2D eigenvalue weighted by molar-refractivity contribution is 7.14. The molecular formula is C17H13N5O4S.